The lowest BCUT2D eigenvalue weighted by Gasteiger charge is -2.25. The highest BCUT2D eigenvalue weighted by Crippen LogP contribution is 2.25. The van der Waals surface area contributed by atoms with Crippen LogP contribution in [0.15, 0.2) is 18.3 Å². The number of aliphatic hydroxyl groups is 1. The minimum Gasteiger partial charge on any atom is -0.390 e. The van der Waals surface area contributed by atoms with Crippen molar-refractivity contribution in [3.8, 4) is 0 Å². The Kier molecular flexibility index (Phi) is 4.19. The minimum atomic E-state index is -0.521. The molecule has 0 aromatic carbocycles. The van der Waals surface area contributed by atoms with E-state index < -0.39 is 5.60 Å². The molecule has 0 radical (unpaired) electrons. The number of rotatable bonds is 3. The van der Waals surface area contributed by atoms with Gasteiger partial charge in [0.15, 0.2) is 0 Å². The molecule has 4 heteroatoms. The van der Waals surface area contributed by atoms with E-state index in [4.69, 9.17) is 0 Å². The summed E-state index contributed by atoms with van der Waals surface area (Å²) in [5, 5.41) is 13.3. The van der Waals surface area contributed by atoms with E-state index in [0.29, 0.717) is 0 Å². The predicted molar refractivity (Wildman–Crippen MR) is 73.7 cm³/mol. The second-order valence-electron chi connectivity index (χ2n) is 5.35. The average Bonchev–Trinajstić information content (AvgIpc) is 2.52. The van der Waals surface area contributed by atoms with Crippen molar-refractivity contribution in [3.63, 3.8) is 0 Å². The van der Waals surface area contributed by atoms with Gasteiger partial charge in [-0.1, -0.05) is 6.07 Å². The second kappa shape index (κ2) is 5.67. The molecule has 100 valence electrons. The molecule has 4 nitrogen and oxygen atoms in total. The summed E-state index contributed by atoms with van der Waals surface area (Å²) in [5.41, 5.74) is 0.703. The van der Waals surface area contributed by atoms with Gasteiger partial charge in [0, 0.05) is 31.4 Å². The van der Waals surface area contributed by atoms with Crippen molar-refractivity contribution in [3.05, 3.63) is 23.9 Å². The van der Waals surface area contributed by atoms with Gasteiger partial charge in [-0.15, -0.1) is 0 Å². The maximum atomic E-state index is 10.1. The van der Waals surface area contributed by atoms with Crippen LogP contribution in [0.4, 0.5) is 5.82 Å². The molecular weight excluding hydrogens is 226 g/mol. The SMILES string of the molecule is CNCc1cccnc1N1CCCC(C)(O)CC1. The zero-order valence-corrected chi connectivity index (χ0v) is 11.3. The lowest BCUT2D eigenvalue weighted by atomic mass is 9.98. The molecule has 0 aliphatic carbocycles. The average molecular weight is 249 g/mol. The molecule has 1 saturated heterocycles. The van der Waals surface area contributed by atoms with Gasteiger partial charge >= 0.3 is 0 Å². The molecule has 1 aromatic rings. The van der Waals surface area contributed by atoms with Gasteiger partial charge in [-0.3, -0.25) is 0 Å². The first-order chi connectivity index (χ1) is 8.62. The Morgan fingerprint density at radius 3 is 3.06 bits per heavy atom. The van der Waals surface area contributed by atoms with E-state index in [2.05, 4.69) is 21.3 Å². The topological polar surface area (TPSA) is 48.4 Å². The van der Waals surface area contributed by atoms with E-state index in [-0.39, 0.29) is 0 Å². The van der Waals surface area contributed by atoms with Crippen molar-refractivity contribution >= 4 is 5.82 Å². The fourth-order valence-electron chi connectivity index (χ4n) is 2.52. The molecule has 18 heavy (non-hydrogen) atoms. The van der Waals surface area contributed by atoms with Crippen molar-refractivity contribution in [1.29, 1.82) is 0 Å². The Bertz CT molecular complexity index is 392. The van der Waals surface area contributed by atoms with Crippen LogP contribution in [-0.2, 0) is 6.54 Å². The number of hydrogen-bond donors (Lipinski definition) is 2. The van der Waals surface area contributed by atoms with E-state index >= 15 is 0 Å². The summed E-state index contributed by atoms with van der Waals surface area (Å²) in [7, 11) is 1.95. The van der Waals surface area contributed by atoms with Crippen LogP contribution >= 0.6 is 0 Å². The van der Waals surface area contributed by atoms with Crippen molar-refractivity contribution in [1.82, 2.24) is 10.3 Å². The molecule has 0 saturated carbocycles. The number of anilines is 1. The summed E-state index contributed by atoms with van der Waals surface area (Å²) >= 11 is 0. The smallest absolute Gasteiger partial charge is 0.133 e. The Labute approximate surface area is 109 Å². The van der Waals surface area contributed by atoms with Crippen LogP contribution in [0.25, 0.3) is 0 Å². The largest absolute Gasteiger partial charge is 0.390 e. The van der Waals surface area contributed by atoms with E-state index in [1.165, 1.54) is 5.56 Å². The summed E-state index contributed by atoms with van der Waals surface area (Å²) in [4.78, 5) is 6.81. The highest BCUT2D eigenvalue weighted by atomic mass is 16.3. The lowest BCUT2D eigenvalue weighted by molar-refractivity contribution is 0.0481. The zero-order chi connectivity index (χ0) is 13.0. The first-order valence-corrected chi connectivity index (χ1v) is 6.68. The molecule has 1 aliphatic heterocycles. The van der Waals surface area contributed by atoms with Gasteiger partial charge in [-0.2, -0.15) is 0 Å². The fraction of sp³-hybridized carbons (Fsp3) is 0.643. The summed E-state index contributed by atoms with van der Waals surface area (Å²) in [5.74, 6) is 1.06. The van der Waals surface area contributed by atoms with Gasteiger partial charge < -0.3 is 15.3 Å². The van der Waals surface area contributed by atoms with E-state index in [1.807, 2.05) is 26.2 Å². The molecule has 2 N–H and O–H groups in total. The molecule has 1 aliphatic rings. The fourth-order valence-corrected chi connectivity index (χ4v) is 2.52. The first kappa shape index (κ1) is 13.3. The maximum absolute atomic E-state index is 10.1. The molecule has 0 spiro atoms. The van der Waals surface area contributed by atoms with Crippen LogP contribution in [0.1, 0.15) is 31.7 Å². The van der Waals surface area contributed by atoms with Crippen molar-refractivity contribution in [2.24, 2.45) is 0 Å². The third-order valence-electron chi connectivity index (χ3n) is 3.60. The minimum absolute atomic E-state index is 0.521. The molecule has 2 heterocycles. The van der Waals surface area contributed by atoms with Crippen LogP contribution in [0.3, 0.4) is 0 Å². The van der Waals surface area contributed by atoms with Gasteiger partial charge in [0.2, 0.25) is 0 Å². The second-order valence-corrected chi connectivity index (χ2v) is 5.35. The Balaban J connectivity index is 2.15. The van der Waals surface area contributed by atoms with Gasteiger partial charge in [0.05, 0.1) is 5.60 Å². The molecule has 1 fully saturated rings. The number of pyridine rings is 1. The summed E-state index contributed by atoms with van der Waals surface area (Å²) in [6.45, 7) is 4.62. The Morgan fingerprint density at radius 2 is 2.28 bits per heavy atom. The molecule has 1 atom stereocenters. The van der Waals surface area contributed by atoms with Gasteiger partial charge in [-0.25, -0.2) is 4.98 Å². The van der Waals surface area contributed by atoms with E-state index in [0.717, 1.165) is 44.7 Å². The molecule has 0 bridgehead atoms. The highest BCUT2D eigenvalue weighted by Gasteiger charge is 2.26. The van der Waals surface area contributed by atoms with Crippen molar-refractivity contribution < 1.29 is 5.11 Å². The van der Waals surface area contributed by atoms with Gasteiger partial charge in [-0.05, 0) is 39.3 Å². The Hall–Kier alpha value is -1.13. The van der Waals surface area contributed by atoms with Crippen LogP contribution in [0.5, 0.6) is 0 Å². The van der Waals surface area contributed by atoms with Crippen LogP contribution < -0.4 is 10.2 Å². The summed E-state index contributed by atoms with van der Waals surface area (Å²) in [6, 6.07) is 4.09. The van der Waals surface area contributed by atoms with E-state index in [1.54, 1.807) is 0 Å². The van der Waals surface area contributed by atoms with Crippen molar-refractivity contribution in [2.75, 3.05) is 25.0 Å². The molecule has 2 rings (SSSR count). The molecule has 0 amide bonds. The summed E-state index contributed by atoms with van der Waals surface area (Å²) < 4.78 is 0. The Morgan fingerprint density at radius 1 is 1.44 bits per heavy atom. The quantitative estimate of drug-likeness (QED) is 0.853. The molecule has 1 aromatic heterocycles. The van der Waals surface area contributed by atoms with E-state index in [9.17, 15) is 5.11 Å². The number of nitrogens with zero attached hydrogens (tertiary/aromatic N) is 2. The third kappa shape index (κ3) is 3.21. The van der Waals surface area contributed by atoms with Crippen LogP contribution in [-0.4, -0.2) is 35.8 Å². The third-order valence-corrected chi connectivity index (χ3v) is 3.60. The maximum Gasteiger partial charge on any atom is 0.133 e. The van der Waals surface area contributed by atoms with Crippen molar-refractivity contribution in [2.45, 2.75) is 38.3 Å². The number of hydrogen-bond acceptors (Lipinski definition) is 4. The normalized spacial score (nSPS) is 24.9. The number of nitrogens with one attached hydrogen (secondary N) is 1. The van der Waals surface area contributed by atoms with Gasteiger partial charge in [0.25, 0.3) is 0 Å². The zero-order valence-electron chi connectivity index (χ0n) is 11.3. The first-order valence-electron chi connectivity index (χ1n) is 6.68. The molecule has 1 unspecified atom stereocenters. The van der Waals surface area contributed by atoms with Crippen LogP contribution in [0, 0.1) is 0 Å². The summed E-state index contributed by atoms with van der Waals surface area (Å²) in [6.07, 6.45) is 4.54. The van der Waals surface area contributed by atoms with Crippen LogP contribution in [0.2, 0.25) is 0 Å². The molecular formula is C14H23N3O. The monoisotopic (exact) mass is 249 g/mol. The lowest BCUT2D eigenvalue weighted by Crippen LogP contribution is -2.29. The highest BCUT2D eigenvalue weighted by molar-refractivity contribution is 5.46. The standard InChI is InChI=1S/C14H23N3O/c1-14(18)6-4-9-17(10-7-14)13-12(11-15-2)5-3-8-16-13/h3,5,8,15,18H,4,6-7,9-11H2,1-2H3. The number of aromatic nitrogens is 1. The predicted octanol–water partition coefficient (Wildman–Crippen LogP) is 1.54. The van der Waals surface area contributed by atoms with Gasteiger partial charge in [0.1, 0.15) is 5.82 Å².